The van der Waals surface area contributed by atoms with E-state index in [1.807, 2.05) is 0 Å². The average molecular weight is 286 g/mol. The number of nitrogens with one attached hydrogen (secondary N) is 1. The lowest BCUT2D eigenvalue weighted by Gasteiger charge is -2.36. The van der Waals surface area contributed by atoms with Crippen LogP contribution in [0.2, 0.25) is 0 Å². The largest absolute Gasteiger partial charge is 0.342 e. The Bertz CT molecular complexity index is 492. The van der Waals surface area contributed by atoms with Crippen molar-refractivity contribution in [3.63, 3.8) is 0 Å². The summed E-state index contributed by atoms with van der Waals surface area (Å²) in [4.78, 5) is 15.0. The third kappa shape index (κ3) is 3.13. The first-order valence-electron chi connectivity index (χ1n) is 8.37. The highest BCUT2D eigenvalue weighted by atomic mass is 16.2. The lowest BCUT2D eigenvalue weighted by Crippen LogP contribution is -2.45. The van der Waals surface area contributed by atoms with Crippen molar-refractivity contribution in [2.75, 3.05) is 19.6 Å². The summed E-state index contributed by atoms with van der Waals surface area (Å²) in [6.45, 7) is 5.82. The fraction of sp³-hybridized carbons (Fsp3) is 0.611. The molecule has 0 aliphatic carbocycles. The maximum atomic E-state index is 12.9. The molecule has 0 bridgehead atoms. The van der Waals surface area contributed by atoms with Gasteiger partial charge in [-0.05, 0) is 29.9 Å². The number of carbonyl (C=O) groups is 1. The smallest absolute Gasteiger partial charge is 0.231 e. The predicted molar refractivity (Wildman–Crippen MR) is 85.1 cm³/mol. The van der Waals surface area contributed by atoms with Gasteiger partial charge in [0, 0.05) is 26.2 Å². The van der Waals surface area contributed by atoms with E-state index in [0.717, 1.165) is 32.1 Å². The zero-order valence-electron chi connectivity index (χ0n) is 13.0. The molecule has 1 N–H and O–H groups in total. The number of hydrogen-bond acceptors (Lipinski definition) is 2. The number of fused-ring (bicyclic) bond motifs is 1. The molecule has 0 aromatic heterocycles. The molecule has 1 aromatic rings. The quantitative estimate of drug-likeness (QED) is 0.926. The topological polar surface area (TPSA) is 32.3 Å². The lowest BCUT2D eigenvalue weighted by atomic mass is 9.88. The molecule has 3 heteroatoms. The lowest BCUT2D eigenvalue weighted by molar-refractivity contribution is -0.134. The molecule has 2 aliphatic rings. The molecule has 1 aromatic carbocycles. The van der Waals surface area contributed by atoms with Crippen LogP contribution in [0.5, 0.6) is 0 Å². The van der Waals surface area contributed by atoms with Crippen LogP contribution in [0.1, 0.15) is 49.7 Å². The van der Waals surface area contributed by atoms with E-state index in [4.69, 9.17) is 0 Å². The van der Waals surface area contributed by atoms with E-state index in [-0.39, 0.29) is 5.92 Å². The Labute approximate surface area is 127 Å². The molecule has 1 unspecified atom stereocenters. The Kier molecular flexibility index (Phi) is 4.59. The van der Waals surface area contributed by atoms with Crippen LogP contribution >= 0.6 is 0 Å². The highest BCUT2D eigenvalue weighted by molar-refractivity contribution is 5.84. The number of likely N-dealkylation sites (tertiary alicyclic amines) is 1. The van der Waals surface area contributed by atoms with Crippen LogP contribution in [0.3, 0.4) is 0 Å². The molecule has 3 rings (SSSR count). The summed E-state index contributed by atoms with van der Waals surface area (Å²) in [6, 6.07) is 8.37. The molecular formula is C18H26N2O. The summed E-state index contributed by atoms with van der Waals surface area (Å²) in [7, 11) is 0. The Morgan fingerprint density at radius 2 is 2.05 bits per heavy atom. The summed E-state index contributed by atoms with van der Waals surface area (Å²) < 4.78 is 0. The SMILES string of the molecule is CCCC1CCN(C(=O)C2CNCc3ccccc32)CC1. The molecular weight excluding hydrogens is 260 g/mol. The highest BCUT2D eigenvalue weighted by Gasteiger charge is 2.31. The Morgan fingerprint density at radius 3 is 2.81 bits per heavy atom. The molecule has 1 amide bonds. The fourth-order valence-electron chi connectivity index (χ4n) is 3.79. The van der Waals surface area contributed by atoms with Crippen molar-refractivity contribution in [1.82, 2.24) is 10.2 Å². The molecule has 21 heavy (non-hydrogen) atoms. The van der Waals surface area contributed by atoms with Crippen molar-refractivity contribution in [3.8, 4) is 0 Å². The molecule has 1 fully saturated rings. The van der Waals surface area contributed by atoms with Gasteiger partial charge in [-0.15, -0.1) is 0 Å². The van der Waals surface area contributed by atoms with Crippen molar-refractivity contribution in [1.29, 1.82) is 0 Å². The number of hydrogen-bond donors (Lipinski definition) is 1. The second-order valence-electron chi connectivity index (χ2n) is 6.44. The van der Waals surface area contributed by atoms with E-state index in [1.54, 1.807) is 0 Å². The number of nitrogens with zero attached hydrogens (tertiary/aromatic N) is 1. The van der Waals surface area contributed by atoms with Crippen molar-refractivity contribution >= 4 is 5.91 Å². The molecule has 1 saturated heterocycles. The zero-order valence-corrected chi connectivity index (χ0v) is 13.0. The Morgan fingerprint density at radius 1 is 1.29 bits per heavy atom. The molecule has 3 nitrogen and oxygen atoms in total. The molecule has 0 saturated carbocycles. The molecule has 2 heterocycles. The van der Waals surface area contributed by atoms with Crippen molar-refractivity contribution < 1.29 is 4.79 Å². The minimum Gasteiger partial charge on any atom is -0.342 e. The summed E-state index contributed by atoms with van der Waals surface area (Å²) >= 11 is 0. The summed E-state index contributed by atoms with van der Waals surface area (Å²) in [6.07, 6.45) is 4.94. The predicted octanol–water partition coefficient (Wildman–Crippen LogP) is 2.91. The van der Waals surface area contributed by atoms with Gasteiger partial charge in [0.25, 0.3) is 0 Å². The first-order valence-corrected chi connectivity index (χ1v) is 8.37. The molecule has 1 atom stereocenters. The van der Waals surface area contributed by atoms with Crippen LogP contribution in [0.15, 0.2) is 24.3 Å². The van der Waals surface area contributed by atoms with E-state index >= 15 is 0 Å². The number of carbonyl (C=O) groups excluding carboxylic acids is 1. The van der Waals surface area contributed by atoms with E-state index in [9.17, 15) is 4.79 Å². The van der Waals surface area contributed by atoms with Crippen molar-refractivity contribution in [2.24, 2.45) is 5.92 Å². The molecule has 0 radical (unpaired) electrons. The van der Waals surface area contributed by atoms with Crippen LogP contribution in [0, 0.1) is 5.92 Å². The zero-order chi connectivity index (χ0) is 14.7. The number of piperidine rings is 1. The maximum absolute atomic E-state index is 12.9. The van der Waals surface area contributed by atoms with Crippen molar-refractivity contribution in [2.45, 2.75) is 45.1 Å². The van der Waals surface area contributed by atoms with E-state index < -0.39 is 0 Å². The molecule has 2 aliphatic heterocycles. The highest BCUT2D eigenvalue weighted by Crippen LogP contribution is 2.28. The van der Waals surface area contributed by atoms with E-state index in [1.165, 1.54) is 36.8 Å². The van der Waals surface area contributed by atoms with Gasteiger partial charge >= 0.3 is 0 Å². The van der Waals surface area contributed by atoms with E-state index in [2.05, 4.69) is 41.4 Å². The Hall–Kier alpha value is -1.35. The van der Waals surface area contributed by atoms with E-state index in [0.29, 0.717) is 5.91 Å². The monoisotopic (exact) mass is 286 g/mol. The van der Waals surface area contributed by atoms with Gasteiger partial charge in [-0.25, -0.2) is 0 Å². The van der Waals surface area contributed by atoms with Gasteiger partial charge in [-0.2, -0.15) is 0 Å². The third-order valence-corrected chi connectivity index (χ3v) is 5.02. The number of benzene rings is 1. The first-order chi connectivity index (χ1) is 10.3. The fourth-order valence-corrected chi connectivity index (χ4v) is 3.79. The van der Waals surface area contributed by atoms with Crippen LogP contribution < -0.4 is 5.32 Å². The third-order valence-electron chi connectivity index (χ3n) is 5.02. The molecule has 0 spiro atoms. The van der Waals surface area contributed by atoms with Gasteiger partial charge in [-0.1, -0.05) is 44.0 Å². The summed E-state index contributed by atoms with van der Waals surface area (Å²) in [5.74, 6) is 1.16. The second kappa shape index (κ2) is 6.61. The minimum atomic E-state index is 0.0117. The first kappa shape index (κ1) is 14.6. The van der Waals surface area contributed by atoms with Gasteiger partial charge in [0.1, 0.15) is 0 Å². The summed E-state index contributed by atoms with van der Waals surface area (Å²) in [5.41, 5.74) is 2.51. The standard InChI is InChI=1S/C18H26N2O/c1-2-5-14-8-10-20(11-9-14)18(21)17-13-19-12-15-6-3-4-7-16(15)17/h3-4,6-7,14,17,19H,2,5,8-13H2,1H3. The number of rotatable bonds is 3. The summed E-state index contributed by atoms with van der Waals surface area (Å²) in [5, 5.41) is 3.39. The van der Waals surface area contributed by atoms with Gasteiger partial charge in [0.05, 0.1) is 5.92 Å². The van der Waals surface area contributed by atoms with Crippen molar-refractivity contribution in [3.05, 3.63) is 35.4 Å². The van der Waals surface area contributed by atoms with Gasteiger partial charge in [0.2, 0.25) is 5.91 Å². The van der Waals surface area contributed by atoms with Crippen LogP contribution in [0.25, 0.3) is 0 Å². The second-order valence-corrected chi connectivity index (χ2v) is 6.44. The van der Waals surface area contributed by atoms with Gasteiger partial charge in [-0.3, -0.25) is 4.79 Å². The number of amides is 1. The molecule has 114 valence electrons. The average Bonchev–Trinajstić information content (AvgIpc) is 2.55. The minimum absolute atomic E-state index is 0.0117. The van der Waals surface area contributed by atoms with Crippen LogP contribution in [-0.4, -0.2) is 30.4 Å². The maximum Gasteiger partial charge on any atom is 0.231 e. The van der Waals surface area contributed by atoms with Gasteiger partial charge in [0.15, 0.2) is 0 Å². The van der Waals surface area contributed by atoms with Crippen LogP contribution in [-0.2, 0) is 11.3 Å². The van der Waals surface area contributed by atoms with Gasteiger partial charge < -0.3 is 10.2 Å². The van der Waals surface area contributed by atoms with Crippen LogP contribution in [0.4, 0.5) is 0 Å². The Balaban J connectivity index is 1.67. The normalized spacial score (nSPS) is 22.9.